The lowest BCUT2D eigenvalue weighted by molar-refractivity contribution is -0.376. The number of piperidine rings is 1. The van der Waals surface area contributed by atoms with E-state index in [-0.39, 0.29) is 12.3 Å². The van der Waals surface area contributed by atoms with E-state index in [0.717, 1.165) is 17.7 Å². The number of likely N-dealkylation sites (tertiary alicyclic amines) is 1. The number of nitrogens with one attached hydrogen (secondary N) is 1. The van der Waals surface area contributed by atoms with E-state index in [2.05, 4.69) is 10.2 Å². The SMILES string of the molecule is CCOC(=O)C1(Nc2ccc(C(O)(C(F)(F)F)C(F)(F)F)cc2)CCN(Cc2ccccc2)CC1. The van der Waals surface area contributed by atoms with E-state index in [9.17, 15) is 36.2 Å². The van der Waals surface area contributed by atoms with Gasteiger partial charge in [-0.05, 0) is 37.5 Å². The summed E-state index contributed by atoms with van der Waals surface area (Å²) in [5.41, 5.74) is -6.35. The lowest BCUT2D eigenvalue weighted by atomic mass is 9.86. The number of nitrogens with zero attached hydrogens (tertiary/aromatic N) is 1. The number of halogens is 6. The van der Waals surface area contributed by atoms with Gasteiger partial charge >= 0.3 is 18.3 Å². The third-order valence-corrected chi connectivity index (χ3v) is 6.13. The summed E-state index contributed by atoms with van der Waals surface area (Å²) in [6.07, 6.45) is -11.3. The first-order valence-electron chi connectivity index (χ1n) is 11.0. The molecule has 5 nitrogen and oxygen atoms in total. The highest BCUT2D eigenvalue weighted by molar-refractivity contribution is 5.85. The Balaban J connectivity index is 1.80. The van der Waals surface area contributed by atoms with Crippen LogP contribution in [0.4, 0.5) is 32.0 Å². The van der Waals surface area contributed by atoms with E-state index in [1.54, 1.807) is 6.92 Å². The van der Waals surface area contributed by atoms with Crippen LogP contribution in [0, 0.1) is 0 Å². The molecule has 0 radical (unpaired) electrons. The van der Waals surface area contributed by atoms with Crippen LogP contribution >= 0.6 is 0 Å². The predicted octanol–water partition coefficient (Wildman–Crippen LogP) is 5.01. The number of esters is 1. The van der Waals surface area contributed by atoms with Gasteiger partial charge in [-0.2, -0.15) is 26.3 Å². The Bertz CT molecular complexity index is 971. The van der Waals surface area contributed by atoms with Gasteiger partial charge in [-0.25, -0.2) is 4.79 Å². The second kappa shape index (κ2) is 10.1. The molecule has 0 spiro atoms. The second-order valence-corrected chi connectivity index (χ2v) is 8.47. The Morgan fingerprint density at radius 1 is 0.971 bits per heavy atom. The molecular formula is C24H26F6N2O3. The van der Waals surface area contributed by atoms with Crippen molar-refractivity contribution in [1.29, 1.82) is 0 Å². The molecule has 3 rings (SSSR count). The number of hydrogen-bond donors (Lipinski definition) is 2. The smallest absolute Gasteiger partial charge is 0.430 e. The number of rotatable bonds is 7. The molecule has 1 fully saturated rings. The lowest BCUT2D eigenvalue weighted by Crippen LogP contribution is -2.55. The van der Waals surface area contributed by atoms with Crippen molar-refractivity contribution in [3.63, 3.8) is 0 Å². The molecule has 0 aliphatic carbocycles. The second-order valence-electron chi connectivity index (χ2n) is 8.47. The van der Waals surface area contributed by atoms with Gasteiger partial charge in [0.1, 0.15) is 5.54 Å². The van der Waals surface area contributed by atoms with Crippen LogP contribution in [0.3, 0.4) is 0 Å². The van der Waals surface area contributed by atoms with E-state index < -0.39 is 35.0 Å². The van der Waals surface area contributed by atoms with E-state index >= 15 is 0 Å². The number of carbonyl (C=O) groups excluding carboxylic acids is 1. The number of benzene rings is 2. The minimum Gasteiger partial charge on any atom is -0.464 e. The van der Waals surface area contributed by atoms with Gasteiger partial charge in [-0.1, -0.05) is 42.5 Å². The van der Waals surface area contributed by atoms with Crippen LogP contribution in [0.2, 0.25) is 0 Å². The summed E-state index contributed by atoms with van der Waals surface area (Å²) in [7, 11) is 0. The fraction of sp³-hybridized carbons (Fsp3) is 0.458. The van der Waals surface area contributed by atoms with Gasteiger partial charge in [0.25, 0.3) is 5.60 Å². The van der Waals surface area contributed by atoms with E-state index in [1.165, 1.54) is 0 Å². The Hall–Kier alpha value is -2.79. The summed E-state index contributed by atoms with van der Waals surface area (Å²) in [4.78, 5) is 15.0. The van der Waals surface area contributed by atoms with Crippen LogP contribution in [0.1, 0.15) is 30.9 Å². The molecule has 35 heavy (non-hydrogen) atoms. The van der Waals surface area contributed by atoms with Crippen LogP contribution in [0.25, 0.3) is 0 Å². The molecule has 1 heterocycles. The monoisotopic (exact) mass is 504 g/mol. The van der Waals surface area contributed by atoms with Gasteiger partial charge < -0.3 is 15.2 Å². The third kappa shape index (κ3) is 5.56. The molecule has 0 unspecified atom stereocenters. The minimum atomic E-state index is -5.97. The lowest BCUT2D eigenvalue weighted by Gasteiger charge is -2.41. The first-order valence-corrected chi connectivity index (χ1v) is 11.0. The summed E-state index contributed by atoms with van der Waals surface area (Å²) < 4.78 is 84.1. The minimum absolute atomic E-state index is 0.110. The highest BCUT2D eigenvalue weighted by Crippen LogP contribution is 2.50. The topological polar surface area (TPSA) is 61.8 Å². The fourth-order valence-corrected chi connectivity index (χ4v) is 4.14. The normalized spacial score (nSPS) is 17.1. The number of alkyl halides is 6. The van der Waals surface area contributed by atoms with Crippen LogP contribution < -0.4 is 5.32 Å². The van der Waals surface area contributed by atoms with Gasteiger partial charge in [0.15, 0.2) is 0 Å². The molecule has 0 bridgehead atoms. The summed E-state index contributed by atoms with van der Waals surface area (Å²) in [6.45, 7) is 3.45. The molecule has 0 atom stereocenters. The summed E-state index contributed by atoms with van der Waals surface area (Å²) in [6, 6.07) is 12.8. The maximum Gasteiger partial charge on any atom is 0.430 e. The number of anilines is 1. The highest BCUT2D eigenvalue weighted by atomic mass is 19.4. The summed E-state index contributed by atoms with van der Waals surface area (Å²) >= 11 is 0. The molecule has 2 N–H and O–H groups in total. The van der Waals surface area contributed by atoms with Gasteiger partial charge in [0.05, 0.1) is 6.61 Å². The zero-order chi connectivity index (χ0) is 25.9. The standard InChI is InChI=1S/C24H26F6N2O3/c1-2-35-20(33)21(12-14-32(15-13-21)16-17-6-4-3-5-7-17)31-19-10-8-18(9-11-19)22(34,23(25,26)27)24(28,29)30/h3-11,31,34H,2,12-16H2,1H3. The molecule has 1 aliphatic heterocycles. The summed E-state index contributed by atoms with van der Waals surface area (Å²) in [5.74, 6) is -0.550. The Morgan fingerprint density at radius 2 is 1.51 bits per heavy atom. The van der Waals surface area contributed by atoms with Crippen LogP contribution in [0.5, 0.6) is 0 Å². The van der Waals surface area contributed by atoms with Gasteiger partial charge in [0.2, 0.25) is 0 Å². The Kier molecular flexibility index (Phi) is 7.71. The van der Waals surface area contributed by atoms with Crippen molar-refractivity contribution in [1.82, 2.24) is 4.90 Å². The van der Waals surface area contributed by atoms with E-state index in [4.69, 9.17) is 4.74 Å². The highest BCUT2D eigenvalue weighted by Gasteiger charge is 2.71. The summed E-state index contributed by atoms with van der Waals surface area (Å²) in [5, 5.41) is 12.6. The molecule has 2 aromatic carbocycles. The Morgan fingerprint density at radius 3 is 2.00 bits per heavy atom. The Labute approximate surface area is 198 Å². The van der Waals surface area contributed by atoms with Crippen molar-refractivity contribution in [3.05, 3.63) is 65.7 Å². The molecule has 192 valence electrons. The molecule has 0 amide bonds. The average Bonchev–Trinajstić information content (AvgIpc) is 2.80. The fourth-order valence-electron chi connectivity index (χ4n) is 4.14. The maximum atomic E-state index is 13.2. The molecule has 1 aliphatic rings. The molecule has 2 aromatic rings. The van der Waals surface area contributed by atoms with Crippen LogP contribution in [-0.2, 0) is 21.7 Å². The molecular weight excluding hydrogens is 478 g/mol. The van der Waals surface area contributed by atoms with Crippen molar-refractivity contribution < 1.29 is 41.0 Å². The zero-order valence-electron chi connectivity index (χ0n) is 18.9. The number of carbonyl (C=O) groups is 1. The van der Waals surface area contributed by atoms with Crippen molar-refractivity contribution in [2.24, 2.45) is 0 Å². The van der Waals surface area contributed by atoms with Crippen LogP contribution in [-0.4, -0.2) is 53.6 Å². The van der Waals surface area contributed by atoms with Crippen molar-refractivity contribution in [2.45, 2.75) is 49.8 Å². The molecule has 1 saturated heterocycles. The van der Waals surface area contributed by atoms with Crippen molar-refractivity contribution >= 4 is 11.7 Å². The largest absolute Gasteiger partial charge is 0.464 e. The van der Waals surface area contributed by atoms with Gasteiger partial charge in [-0.15, -0.1) is 0 Å². The molecule has 0 aromatic heterocycles. The first-order chi connectivity index (χ1) is 16.3. The maximum absolute atomic E-state index is 13.2. The predicted molar refractivity (Wildman–Crippen MR) is 116 cm³/mol. The van der Waals surface area contributed by atoms with E-state index in [1.807, 2.05) is 30.3 Å². The molecule has 0 saturated carbocycles. The first kappa shape index (κ1) is 26.8. The van der Waals surface area contributed by atoms with Gasteiger partial charge in [-0.3, -0.25) is 4.90 Å². The number of hydrogen-bond acceptors (Lipinski definition) is 5. The van der Waals surface area contributed by atoms with E-state index in [0.29, 0.717) is 44.6 Å². The number of aliphatic hydroxyl groups is 1. The molecule has 11 heteroatoms. The average molecular weight is 504 g/mol. The zero-order valence-corrected chi connectivity index (χ0v) is 18.9. The van der Waals surface area contributed by atoms with Crippen LogP contribution in [0.15, 0.2) is 54.6 Å². The van der Waals surface area contributed by atoms with Gasteiger partial charge in [0, 0.05) is 30.9 Å². The quantitative estimate of drug-likeness (QED) is 0.410. The third-order valence-electron chi connectivity index (χ3n) is 6.13. The number of ether oxygens (including phenoxy) is 1. The van der Waals surface area contributed by atoms with Crippen molar-refractivity contribution in [3.8, 4) is 0 Å². The van der Waals surface area contributed by atoms with Crippen molar-refractivity contribution in [2.75, 3.05) is 25.0 Å².